The van der Waals surface area contributed by atoms with Gasteiger partial charge < -0.3 is 15.2 Å². The van der Waals surface area contributed by atoms with Crippen LogP contribution in [0.1, 0.15) is 19.2 Å². The van der Waals surface area contributed by atoms with Crippen LogP contribution < -0.4 is 5.73 Å². The van der Waals surface area contributed by atoms with Crippen molar-refractivity contribution in [3.8, 4) is 0 Å². The Bertz CT molecular complexity index is 911. The maximum atomic E-state index is 12.3. The summed E-state index contributed by atoms with van der Waals surface area (Å²) in [6.07, 6.45) is 0.794. The highest BCUT2D eigenvalue weighted by molar-refractivity contribution is 7.89. The molecule has 1 amide bonds. The van der Waals surface area contributed by atoms with E-state index in [1.54, 1.807) is 30.1 Å². The van der Waals surface area contributed by atoms with Gasteiger partial charge in [-0.3, -0.25) is 4.79 Å². The zero-order chi connectivity index (χ0) is 19.6. The standard InChI is InChI=1S/C17H27N5O3S.ClH/c1-12(11-18)21(4)17(23)9-8-16-19-14-10-13(26(24,25)20(2)3)6-7-15(14)22(16)5;/h6-7,10,12H,8-9,11,18H2,1-5H3;1H. The summed E-state index contributed by atoms with van der Waals surface area (Å²) in [7, 11) is 3.08. The number of halogens is 1. The van der Waals surface area contributed by atoms with Gasteiger partial charge >= 0.3 is 0 Å². The number of nitrogens with zero attached hydrogens (tertiary/aromatic N) is 4. The number of fused-ring (bicyclic) bond motifs is 1. The number of benzene rings is 1. The number of aromatic nitrogens is 2. The third-order valence-corrected chi connectivity index (χ3v) is 6.49. The van der Waals surface area contributed by atoms with Crippen LogP contribution in [0.5, 0.6) is 0 Å². The molecule has 0 radical (unpaired) electrons. The first-order valence-electron chi connectivity index (χ1n) is 8.43. The Kier molecular flexibility index (Phi) is 7.79. The number of hydrogen-bond acceptors (Lipinski definition) is 5. The smallest absolute Gasteiger partial charge is 0.242 e. The number of rotatable bonds is 7. The van der Waals surface area contributed by atoms with Gasteiger partial charge in [0, 0.05) is 53.6 Å². The van der Waals surface area contributed by atoms with E-state index in [1.807, 2.05) is 18.5 Å². The van der Waals surface area contributed by atoms with E-state index in [4.69, 9.17) is 5.73 Å². The SMILES string of the molecule is CC(CN)N(C)C(=O)CCc1nc2cc(S(=O)(=O)N(C)C)ccc2n1C.Cl. The largest absolute Gasteiger partial charge is 0.342 e. The number of sulfonamides is 1. The first-order valence-corrected chi connectivity index (χ1v) is 9.87. The van der Waals surface area contributed by atoms with Crippen LogP contribution in [0.25, 0.3) is 11.0 Å². The molecule has 0 fully saturated rings. The zero-order valence-corrected chi connectivity index (χ0v) is 18.0. The Morgan fingerprint density at radius 3 is 2.48 bits per heavy atom. The molecule has 10 heteroatoms. The van der Waals surface area contributed by atoms with Gasteiger partial charge in [0.15, 0.2) is 0 Å². The number of carbonyl (C=O) groups is 1. The molecular weight excluding hydrogens is 390 g/mol. The van der Waals surface area contributed by atoms with E-state index in [-0.39, 0.29) is 29.3 Å². The second-order valence-electron chi connectivity index (χ2n) is 6.61. The van der Waals surface area contributed by atoms with E-state index in [2.05, 4.69) is 4.98 Å². The molecule has 0 saturated heterocycles. The highest BCUT2D eigenvalue weighted by atomic mass is 35.5. The minimum Gasteiger partial charge on any atom is -0.342 e. The number of likely N-dealkylation sites (N-methyl/N-ethyl adjacent to an activating group) is 1. The predicted molar refractivity (Wildman–Crippen MR) is 108 cm³/mol. The maximum Gasteiger partial charge on any atom is 0.242 e. The number of nitrogens with two attached hydrogens (primary N) is 1. The van der Waals surface area contributed by atoms with Crippen LogP contribution in [-0.4, -0.2) is 66.8 Å². The molecule has 0 aliphatic heterocycles. The van der Waals surface area contributed by atoms with E-state index in [0.717, 1.165) is 11.3 Å². The first-order chi connectivity index (χ1) is 12.1. The Labute approximate surface area is 166 Å². The fraction of sp³-hybridized carbons (Fsp3) is 0.529. The monoisotopic (exact) mass is 417 g/mol. The van der Waals surface area contributed by atoms with E-state index < -0.39 is 10.0 Å². The topological polar surface area (TPSA) is 102 Å². The summed E-state index contributed by atoms with van der Waals surface area (Å²) in [5.74, 6) is 0.743. The summed E-state index contributed by atoms with van der Waals surface area (Å²) >= 11 is 0. The van der Waals surface area contributed by atoms with E-state index in [0.29, 0.717) is 24.9 Å². The first kappa shape index (κ1) is 23.4. The molecule has 2 rings (SSSR count). The number of aryl methyl sites for hydroxylation is 2. The molecule has 0 aliphatic rings. The third kappa shape index (κ3) is 4.78. The van der Waals surface area contributed by atoms with Crippen LogP contribution >= 0.6 is 12.4 Å². The molecule has 1 aromatic heterocycles. The summed E-state index contributed by atoms with van der Waals surface area (Å²) in [5.41, 5.74) is 7.03. The van der Waals surface area contributed by atoms with Crippen molar-refractivity contribution in [1.29, 1.82) is 0 Å². The molecule has 27 heavy (non-hydrogen) atoms. The summed E-state index contributed by atoms with van der Waals surface area (Å²) in [6.45, 7) is 2.32. The lowest BCUT2D eigenvalue weighted by Gasteiger charge is -2.23. The van der Waals surface area contributed by atoms with Gasteiger partial charge in [0.25, 0.3) is 0 Å². The number of hydrogen-bond donors (Lipinski definition) is 1. The number of imidazole rings is 1. The molecule has 2 N–H and O–H groups in total. The molecule has 1 aromatic carbocycles. The fourth-order valence-electron chi connectivity index (χ4n) is 2.62. The van der Waals surface area contributed by atoms with Crippen molar-refractivity contribution in [2.75, 3.05) is 27.7 Å². The lowest BCUT2D eigenvalue weighted by Crippen LogP contribution is -2.39. The molecule has 0 bridgehead atoms. The molecule has 0 aliphatic carbocycles. The summed E-state index contributed by atoms with van der Waals surface area (Å²) in [6, 6.07) is 4.87. The summed E-state index contributed by atoms with van der Waals surface area (Å²) in [5, 5.41) is 0. The second-order valence-corrected chi connectivity index (χ2v) is 8.77. The van der Waals surface area contributed by atoms with Gasteiger partial charge in [0.1, 0.15) is 5.82 Å². The van der Waals surface area contributed by atoms with Gasteiger partial charge in [-0.25, -0.2) is 17.7 Å². The highest BCUT2D eigenvalue weighted by Crippen LogP contribution is 2.22. The quantitative estimate of drug-likeness (QED) is 0.723. The lowest BCUT2D eigenvalue weighted by atomic mass is 10.2. The van der Waals surface area contributed by atoms with Crippen molar-refractivity contribution in [2.24, 2.45) is 12.8 Å². The van der Waals surface area contributed by atoms with Crippen LogP contribution in [-0.2, 0) is 28.3 Å². The lowest BCUT2D eigenvalue weighted by molar-refractivity contribution is -0.131. The predicted octanol–water partition coefficient (Wildman–Crippen LogP) is 0.984. The van der Waals surface area contributed by atoms with Gasteiger partial charge in [-0.15, -0.1) is 12.4 Å². The molecule has 1 heterocycles. The summed E-state index contributed by atoms with van der Waals surface area (Å²) < 4.78 is 27.6. The van der Waals surface area contributed by atoms with Gasteiger partial charge in [-0.05, 0) is 25.1 Å². The van der Waals surface area contributed by atoms with Crippen LogP contribution in [0, 0.1) is 0 Å². The average molecular weight is 418 g/mol. The Morgan fingerprint density at radius 2 is 1.93 bits per heavy atom. The molecule has 1 unspecified atom stereocenters. The molecule has 1 atom stereocenters. The molecule has 8 nitrogen and oxygen atoms in total. The Hall–Kier alpha value is -1.68. The van der Waals surface area contributed by atoms with Crippen LogP contribution in [0.3, 0.4) is 0 Å². The molecule has 0 spiro atoms. The van der Waals surface area contributed by atoms with E-state index >= 15 is 0 Å². The van der Waals surface area contributed by atoms with Gasteiger partial charge in [0.2, 0.25) is 15.9 Å². The Balaban J connectivity index is 0.00000364. The van der Waals surface area contributed by atoms with Gasteiger partial charge in [-0.2, -0.15) is 0 Å². The van der Waals surface area contributed by atoms with E-state index in [9.17, 15) is 13.2 Å². The van der Waals surface area contributed by atoms with Crippen LogP contribution in [0.15, 0.2) is 23.1 Å². The van der Waals surface area contributed by atoms with Crippen molar-refractivity contribution in [1.82, 2.24) is 18.8 Å². The highest BCUT2D eigenvalue weighted by Gasteiger charge is 2.20. The maximum absolute atomic E-state index is 12.3. The van der Waals surface area contributed by atoms with Crippen molar-refractivity contribution >= 4 is 39.4 Å². The number of carbonyl (C=O) groups excluding carboxylic acids is 1. The second kappa shape index (κ2) is 9.01. The molecule has 2 aromatic rings. The van der Waals surface area contributed by atoms with E-state index in [1.165, 1.54) is 18.4 Å². The third-order valence-electron chi connectivity index (χ3n) is 4.68. The zero-order valence-electron chi connectivity index (χ0n) is 16.3. The van der Waals surface area contributed by atoms with Crippen molar-refractivity contribution < 1.29 is 13.2 Å². The number of amides is 1. The van der Waals surface area contributed by atoms with Crippen molar-refractivity contribution in [3.05, 3.63) is 24.0 Å². The fourth-order valence-corrected chi connectivity index (χ4v) is 3.55. The van der Waals surface area contributed by atoms with Gasteiger partial charge in [-0.1, -0.05) is 0 Å². The average Bonchev–Trinajstić information content (AvgIpc) is 2.93. The summed E-state index contributed by atoms with van der Waals surface area (Å²) in [4.78, 5) is 18.6. The van der Waals surface area contributed by atoms with Crippen molar-refractivity contribution in [3.63, 3.8) is 0 Å². The Morgan fingerprint density at radius 1 is 1.30 bits per heavy atom. The van der Waals surface area contributed by atoms with Crippen LogP contribution in [0.2, 0.25) is 0 Å². The van der Waals surface area contributed by atoms with Gasteiger partial charge in [0.05, 0.1) is 15.9 Å². The normalized spacial score (nSPS) is 12.9. The molecule has 152 valence electrons. The van der Waals surface area contributed by atoms with Crippen molar-refractivity contribution in [2.45, 2.75) is 30.7 Å². The van der Waals surface area contributed by atoms with Crippen LogP contribution in [0.4, 0.5) is 0 Å². The minimum absolute atomic E-state index is 0. The molecular formula is C17H28ClN5O3S. The molecule has 0 saturated carbocycles. The minimum atomic E-state index is -3.51.